The van der Waals surface area contributed by atoms with Crippen molar-refractivity contribution in [3.8, 4) is 0 Å². The Morgan fingerprint density at radius 1 is 1.50 bits per heavy atom. The first-order valence-electron chi connectivity index (χ1n) is 3.78. The smallest absolute Gasteiger partial charge is 0.0862 e. The van der Waals surface area contributed by atoms with E-state index in [9.17, 15) is 0 Å². The molecule has 0 unspecified atom stereocenters. The molecule has 4 heteroatoms. The molecule has 2 aromatic heterocycles. The van der Waals surface area contributed by atoms with Crippen molar-refractivity contribution in [1.82, 2.24) is 14.8 Å². The molecule has 0 aliphatic heterocycles. The number of aromatic nitrogens is 3. The normalized spacial score (nSPS) is 10.8. The van der Waals surface area contributed by atoms with Crippen LogP contribution in [-0.4, -0.2) is 14.8 Å². The van der Waals surface area contributed by atoms with Crippen LogP contribution in [0.2, 0.25) is 0 Å². The Morgan fingerprint density at radius 3 is 3.08 bits per heavy atom. The molecule has 0 saturated carbocycles. The third-order valence-electron chi connectivity index (χ3n) is 1.90. The summed E-state index contributed by atoms with van der Waals surface area (Å²) in [6.45, 7) is 0.477. The van der Waals surface area contributed by atoms with Gasteiger partial charge in [-0.1, -0.05) is 0 Å². The van der Waals surface area contributed by atoms with Crippen molar-refractivity contribution < 1.29 is 0 Å². The molecule has 0 aliphatic rings. The average Bonchev–Trinajstić information content (AvgIpc) is 2.47. The van der Waals surface area contributed by atoms with Gasteiger partial charge in [-0.05, 0) is 6.07 Å². The van der Waals surface area contributed by atoms with Crippen molar-refractivity contribution in [2.75, 3.05) is 0 Å². The van der Waals surface area contributed by atoms with Crippen LogP contribution in [0.15, 0.2) is 18.5 Å². The number of rotatable bonds is 1. The zero-order valence-electron chi connectivity index (χ0n) is 6.86. The molecule has 4 nitrogen and oxygen atoms in total. The number of nitrogens with two attached hydrogens (primary N) is 1. The van der Waals surface area contributed by atoms with Crippen LogP contribution in [0.4, 0.5) is 0 Å². The largest absolute Gasteiger partial charge is 0.325 e. The van der Waals surface area contributed by atoms with Gasteiger partial charge in [-0.2, -0.15) is 5.10 Å². The van der Waals surface area contributed by atoms with Crippen LogP contribution >= 0.6 is 0 Å². The number of hydrogen-bond donors (Lipinski definition) is 1. The molecule has 0 saturated heterocycles. The first kappa shape index (κ1) is 7.24. The Kier molecular flexibility index (Phi) is 1.55. The summed E-state index contributed by atoms with van der Waals surface area (Å²) in [5.74, 6) is 0. The minimum atomic E-state index is 0.477. The fourth-order valence-electron chi connectivity index (χ4n) is 1.21. The first-order chi connectivity index (χ1) is 5.81. The van der Waals surface area contributed by atoms with Gasteiger partial charge in [0.05, 0.1) is 23.6 Å². The van der Waals surface area contributed by atoms with E-state index >= 15 is 0 Å². The molecule has 0 fully saturated rings. The lowest BCUT2D eigenvalue weighted by atomic mass is 10.3. The van der Waals surface area contributed by atoms with Crippen LogP contribution in [0.25, 0.3) is 10.9 Å². The number of aryl methyl sites for hydroxylation is 1. The first-order valence-corrected chi connectivity index (χ1v) is 3.78. The van der Waals surface area contributed by atoms with E-state index in [0.717, 1.165) is 16.6 Å². The Morgan fingerprint density at radius 2 is 2.33 bits per heavy atom. The van der Waals surface area contributed by atoms with Crippen LogP contribution in [-0.2, 0) is 13.6 Å². The predicted molar refractivity (Wildman–Crippen MR) is 46.4 cm³/mol. The molecule has 0 radical (unpaired) electrons. The summed E-state index contributed by atoms with van der Waals surface area (Å²) in [7, 11) is 1.89. The zero-order chi connectivity index (χ0) is 8.55. The van der Waals surface area contributed by atoms with Gasteiger partial charge in [0.2, 0.25) is 0 Å². The van der Waals surface area contributed by atoms with Crippen molar-refractivity contribution in [1.29, 1.82) is 0 Å². The number of hydrogen-bond acceptors (Lipinski definition) is 3. The topological polar surface area (TPSA) is 56.7 Å². The Bertz CT molecular complexity index is 404. The van der Waals surface area contributed by atoms with Crippen molar-refractivity contribution in [3.63, 3.8) is 0 Å². The van der Waals surface area contributed by atoms with Crippen LogP contribution in [0.5, 0.6) is 0 Å². The quantitative estimate of drug-likeness (QED) is 0.661. The Hall–Kier alpha value is -1.42. The number of fused-ring (bicyclic) bond motifs is 1. The van der Waals surface area contributed by atoms with Gasteiger partial charge in [0.25, 0.3) is 0 Å². The second-order valence-corrected chi connectivity index (χ2v) is 2.71. The van der Waals surface area contributed by atoms with Gasteiger partial charge >= 0.3 is 0 Å². The summed E-state index contributed by atoms with van der Waals surface area (Å²) in [4.78, 5) is 4.17. The molecule has 0 spiro atoms. The van der Waals surface area contributed by atoms with E-state index in [1.54, 1.807) is 10.9 Å². The highest BCUT2D eigenvalue weighted by molar-refractivity contribution is 5.77. The van der Waals surface area contributed by atoms with Gasteiger partial charge in [-0.15, -0.1) is 0 Å². The van der Waals surface area contributed by atoms with Crippen molar-refractivity contribution >= 4 is 10.9 Å². The predicted octanol–water partition coefficient (Wildman–Crippen LogP) is 0.427. The maximum Gasteiger partial charge on any atom is 0.0862 e. The van der Waals surface area contributed by atoms with Crippen LogP contribution < -0.4 is 5.73 Å². The van der Waals surface area contributed by atoms with Gasteiger partial charge in [-0.25, -0.2) is 0 Å². The molecule has 2 rings (SSSR count). The molecule has 0 atom stereocenters. The third-order valence-corrected chi connectivity index (χ3v) is 1.90. The monoisotopic (exact) mass is 162 g/mol. The molecular formula is C8H10N4. The summed E-state index contributed by atoms with van der Waals surface area (Å²) in [6, 6.07) is 1.96. The molecule has 2 aromatic rings. The highest BCUT2D eigenvalue weighted by atomic mass is 15.2. The van der Waals surface area contributed by atoms with Crippen LogP contribution in [0.3, 0.4) is 0 Å². The highest BCUT2D eigenvalue weighted by Gasteiger charge is 1.99. The average molecular weight is 162 g/mol. The van der Waals surface area contributed by atoms with Gasteiger partial charge in [0.15, 0.2) is 0 Å². The summed E-state index contributed by atoms with van der Waals surface area (Å²) in [6.07, 6.45) is 3.61. The number of nitrogens with zero attached hydrogens (tertiary/aromatic N) is 3. The summed E-state index contributed by atoms with van der Waals surface area (Å²) in [5.41, 5.74) is 7.39. The van der Waals surface area contributed by atoms with Crippen molar-refractivity contribution in [3.05, 3.63) is 24.2 Å². The maximum absolute atomic E-state index is 5.46. The van der Waals surface area contributed by atoms with E-state index in [1.165, 1.54) is 0 Å². The molecule has 2 N–H and O–H groups in total. The van der Waals surface area contributed by atoms with E-state index < -0.39 is 0 Å². The van der Waals surface area contributed by atoms with E-state index in [4.69, 9.17) is 5.73 Å². The van der Waals surface area contributed by atoms with Crippen molar-refractivity contribution in [2.24, 2.45) is 12.8 Å². The lowest BCUT2D eigenvalue weighted by Gasteiger charge is -1.96. The third kappa shape index (κ3) is 0.967. The van der Waals surface area contributed by atoms with Gasteiger partial charge < -0.3 is 5.73 Å². The van der Waals surface area contributed by atoms with Crippen LogP contribution in [0, 0.1) is 0 Å². The van der Waals surface area contributed by atoms with E-state index in [0.29, 0.717) is 6.54 Å². The second-order valence-electron chi connectivity index (χ2n) is 2.71. The molecule has 0 aliphatic carbocycles. The van der Waals surface area contributed by atoms with Crippen molar-refractivity contribution in [2.45, 2.75) is 6.54 Å². The SMILES string of the molecule is Cn1ncc2cc(CN)ncc21. The molecule has 62 valence electrons. The minimum absolute atomic E-state index is 0.477. The fraction of sp³-hybridized carbons (Fsp3) is 0.250. The molecular weight excluding hydrogens is 152 g/mol. The summed E-state index contributed by atoms with van der Waals surface area (Å²) in [5, 5.41) is 5.20. The summed E-state index contributed by atoms with van der Waals surface area (Å²) < 4.78 is 1.79. The standard InChI is InChI=1S/C8H10N4/c1-12-8-5-10-7(3-9)2-6(8)4-11-12/h2,4-5H,3,9H2,1H3. The maximum atomic E-state index is 5.46. The molecule has 0 bridgehead atoms. The molecule has 12 heavy (non-hydrogen) atoms. The lowest BCUT2D eigenvalue weighted by Crippen LogP contribution is -1.99. The van der Waals surface area contributed by atoms with E-state index in [1.807, 2.05) is 19.3 Å². The Balaban J connectivity index is 2.69. The van der Waals surface area contributed by atoms with Gasteiger partial charge in [0, 0.05) is 19.0 Å². The molecule has 0 amide bonds. The summed E-state index contributed by atoms with van der Waals surface area (Å²) >= 11 is 0. The Labute approximate surface area is 70.0 Å². The second kappa shape index (κ2) is 2.57. The van der Waals surface area contributed by atoms with E-state index in [-0.39, 0.29) is 0 Å². The minimum Gasteiger partial charge on any atom is -0.325 e. The zero-order valence-corrected chi connectivity index (χ0v) is 6.86. The number of pyridine rings is 1. The van der Waals surface area contributed by atoms with E-state index in [2.05, 4.69) is 10.1 Å². The van der Waals surface area contributed by atoms with Crippen LogP contribution in [0.1, 0.15) is 5.69 Å². The molecule has 0 aromatic carbocycles. The highest BCUT2D eigenvalue weighted by Crippen LogP contribution is 2.11. The van der Waals surface area contributed by atoms with Gasteiger partial charge in [-0.3, -0.25) is 9.67 Å². The molecule has 2 heterocycles. The lowest BCUT2D eigenvalue weighted by molar-refractivity contribution is 0.795. The van der Waals surface area contributed by atoms with Gasteiger partial charge in [0.1, 0.15) is 0 Å². The fourth-order valence-corrected chi connectivity index (χ4v) is 1.21.